The van der Waals surface area contributed by atoms with Crippen molar-refractivity contribution in [2.45, 2.75) is 45.7 Å². The summed E-state index contributed by atoms with van der Waals surface area (Å²) in [4.78, 5) is 19.6. The molecule has 0 aliphatic heterocycles. The summed E-state index contributed by atoms with van der Waals surface area (Å²) in [6.07, 6.45) is 7.83. The molecule has 1 unspecified atom stereocenters. The number of hydrogen-bond acceptors (Lipinski definition) is 5. The highest BCUT2D eigenvalue weighted by Gasteiger charge is 2.28. The van der Waals surface area contributed by atoms with Crippen molar-refractivity contribution in [3.8, 4) is 5.75 Å². The van der Waals surface area contributed by atoms with Gasteiger partial charge >= 0.3 is 0 Å². The van der Waals surface area contributed by atoms with E-state index in [1.165, 1.54) is 34.4 Å². The number of fused-ring (bicyclic) bond motifs is 2. The zero-order valence-corrected chi connectivity index (χ0v) is 25.0. The number of nitrogens with one attached hydrogen (secondary N) is 2. The van der Waals surface area contributed by atoms with E-state index in [1.54, 1.807) is 17.6 Å². The van der Waals surface area contributed by atoms with Gasteiger partial charge in [0.2, 0.25) is 0 Å². The molecule has 1 aromatic heterocycles. The zero-order valence-electron chi connectivity index (χ0n) is 25.0. The van der Waals surface area contributed by atoms with Gasteiger partial charge in [0.05, 0.1) is 0 Å². The number of aryl methyl sites for hydroxylation is 1. The summed E-state index contributed by atoms with van der Waals surface area (Å²) < 4.78 is 19.8. The Morgan fingerprint density at radius 2 is 1.91 bits per heavy atom. The fourth-order valence-corrected chi connectivity index (χ4v) is 6.04. The van der Waals surface area contributed by atoms with Gasteiger partial charge in [0, 0.05) is 48.9 Å². The lowest BCUT2D eigenvalue weighted by Crippen LogP contribution is -2.29. The highest BCUT2D eigenvalue weighted by molar-refractivity contribution is 5.90. The SMILES string of the molecule is CCN(CC)CCOc1ccc(CN(CCc2c[nH]c3cc(F)ccc23)C2CCc3cc(C=CC(=O)NO)ccc32)cc1. The van der Waals surface area contributed by atoms with Crippen LogP contribution in [-0.4, -0.2) is 58.7 Å². The number of aromatic amines is 1. The molecule has 0 spiro atoms. The minimum atomic E-state index is -0.551. The van der Waals surface area contributed by atoms with Crippen LogP contribution in [0.3, 0.4) is 0 Å². The van der Waals surface area contributed by atoms with Gasteiger partial charge in [0.15, 0.2) is 0 Å². The van der Waals surface area contributed by atoms with Gasteiger partial charge < -0.3 is 14.6 Å². The number of carbonyl (C=O) groups is 1. The molecule has 0 saturated heterocycles. The maximum absolute atomic E-state index is 13.8. The van der Waals surface area contributed by atoms with Gasteiger partial charge in [-0.15, -0.1) is 0 Å². The third kappa shape index (κ3) is 7.70. The van der Waals surface area contributed by atoms with Crippen molar-refractivity contribution in [3.05, 3.63) is 107 Å². The number of rotatable bonds is 14. The molecule has 1 aliphatic rings. The fraction of sp³-hybridized carbons (Fsp3) is 0.343. The number of hydrogen-bond donors (Lipinski definition) is 3. The van der Waals surface area contributed by atoms with E-state index in [1.807, 2.05) is 18.3 Å². The van der Waals surface area contributed by atoms with E-state index in [-0.39, 0.29) is 11.9 Å². The third-order valence-corrected chi connectivity index (χ3v) is 8.47. The summed E-state index contributed by atoms with van der Waals surface area (Å²) in [5.74, 6) is 0.0943. The van der Waals surface area contributed by atoms with Gasteiger partial charge in [-0.3, -0.25) is 14.9 Å². The Labute approximate surface area is 252 Å². The molecule has 4 aromatic rings. The van der Waals surface area contributed by atoms with Gasteiger partial charge in [0.25, 0.3) is 5.91 Å². The second-order valence-electron chi connectivity index (χ2n) is 11.1. The first kappa shape index (κ1) is 30.5. The van der Waals surface area contributed by atoms with E-state index in [0.717, 1.165) is 74.2 Å². The van der Waals surface area contributed by atoms with Crippen molar-refractivity contribution < 1.29 is 19.1 Å². The molecule has 1 amide bonds. The largest absolute Gasteiger partial charge is 0.492 e. The van der Waals surface area contributed by atoms with Crippen molar-refractivity contribution in [1.29, 1.82) is 0 Å². The average molecular weight is 585 g/mol. The van der Waals surface area contributed by atoms with E-state index in [4.69, 9.17) is 9.94 Å². The minimum absolute atomic E-state index is 0.239. The van der Waals surface area contributed by atoms with Crippen molar-refractivity contribution in [3.63, 3.8) is 0 Å². The van der Waals surface area contributed by atoms with Crippen LogP contribution in [0.15, 0.2) is 72.9 Å². The van der Waals surface area contributed by atoms with Gasteiger partial charge in [-0.25, -0.2) is 9.87 Å². The molecule has 226 valence electrons. The van der Waals surface area contributed by atoms with Gasteiger partial charge in [-0.05, 0) is 96.6 Å². The van der Waals surface area contributed by atoms with Crippen molar-refractivity contribution >= 4 is 22.9 Å². The Bertz CT molecular complexity index is 1540. The first-order valence-corrected chi connectivity index (χ1v) is 15.2. The summed E-state index contributed by atoms with van der Waals surface area (Å²) in [5, 5.41) is 9.84. The summed E-state index contributed by atoms with van der Waals surface area (Å²) in [6.45, 7) is 9.59. The third-order valence-electron chi connectivity index (χ3n) is 8.47. The number of ether oxygens (including phenoxy) is 1. The Hall–Kier alpha value is -3.98. The molecule has 0 fully saturated rings. The molecular formula is C35H41FN4O3. The van der Waals surface area contributed by atoms with Gasteiger partial charge in [-0.1, -0.05) is 44.2 Å². The van der Waals surface area contributed by atoms with E-state index >= 15 is 0 Å². The Morgan fingerprint density at radius 1 is 1.09 bits per heavy atom. The lowest BCUT2D eigenvalue weighted by Gasteiger charge is -2.30. The Morgan fingerprint density at radius 3 is 2.67 bits per heavy atom. The van der Waals surface area contributed by atoms with Crippen LogP contribution in [0.2, 0.25) is 0 Å². The number of nitrogens with zero attached hydrogens (tertiary/aromatic N) is 2. The molecule has 43 heavy (non-hydrogen) atoms. The Balaban J connectivity index is 1.33. The van der Waals surface area contributed by atoms with Crippen LogP contribution >= 0.6 is 0 Å². The molecule has 5 rings (SSSR count). The topological polar surface area (TPSA) is 80.8 Å². The summed E-state index contributed by atoms with van der Waals surface area (Å²) in [6, 6.07) is 19.9. The van der Waals surface area contributed by atoms with E-state index in [9.17, 15) is 9.18 Å². The van der Waals surface area contributed by atoms with Gasteiger partial charge in [0.1, 0.15) is 18.2 Å². The van der Waals surface area contributed by atoms with Crippen LogP contribution in [-0.2, 0) is 24.2 Å². The van der Waals surface area contributed by atoms with Gasteiger partial charge in [-0.2, -0.15) is 0 Å². The lowest BCUT2D eigenvalue weighted by molar-refractivity contribution is -0.124. The number of H-pyrrole nitrogens is 1. The number of amides is 1. The number of hydroxylamine groups is 1. The quantitative estimate of drug-likeness (QED) is 0.0924. The molecule has 7 nitrogen and oxygen atoms in total. The standard InChI is InChI=1S/C35H41FN4O3/c1-3-39(4-2)19-20-43-30-11-5-26(6-12-30)24-40(18-17-28-23-37-33-22-29(36)10-14-31(28)33)34-15-9-27-21-25(7-13-32(27)34)8-16-35(41)38-42/h5-8,10-14,16,21-23,34,37,42H,3-4,9,15,17-20,24H2,1-2H3,(H,38,41). The molecule has 0 bridgehead atoms. The van der Waals surface area contributed by atoms with Crippen molar-refractivity contribution in [2.24, 2.45) is 0 Å². The molecule has 1 heterocycles. The zero-order chi connectivity index (χ0) is 30.2. The monoisotopic (exact) mass is 584 g/mol. The van der Waals surface area contributed by atoms with Crippen LogP contribution in [0.25, 0.3) is 17.0 Å². The Kier molecular flexibility index (Phi) is 10.3. The van der Waals surface area contributed by atoms with Crippen LogP contribution < -0.4 is 10.2 Å². The maximum Gasteiger partial charge on any atom is 0.267 e. The van der Waals surface area contributed by atoms with Crippen LogP contribution in [0, 0.1) is 5.82 Å². The molecule has 3 N–H and O–H groups in total. The fourth-order valence-electron chi connectivity index (χ4n) is 6.04. The summed E-state index contributed by atoms with van der Waals surface area (Å²) in [5.41, 5.74) is 8.37. The second-order valence-corrected chi connectivity index (χ2v) is 11.1. The number of aromatic nitrogens is 1. The highest BCUT2D eigenvalue weighted by atomic mass is 19.1. The van der Waals surface area contributed by atoms with Crippen LogP contribution in [0.1, 0.15) is 54.1 Å². The molecule has 1 aliphatic carbocycles. The molecule has 0 saturated carbocycles. The van der Waals surface area contributed by atoms with Crippen LogP contribution in [0.4, 0.5) is 4.39 Å². The molecule has 0 radical (unpaired) electrons. The number of carbonyl (C=O) groups excluding carboxylic acids is 1. The second kappa shape index (κ2) is 14.5. The number of halogens is 1. The molecule has 8 heteroatoms. The lowest BCUT2D eigenvalue weighted by atomic mass is 10.0. The average Bonchev–Trinajstić information content (AvgIpc) is 3.64. The van der Waals surface area contributed by atoms with Crippen molar-refractivity contribution in [2.75, 3.05) is 32.8 Å². The van der Waals surface area contributed by atoms with Crippen LogP contribution in [0.5, 0.6) is 5.75 Å². The minimum Gasteiger partial charge on any atom is -0.492 e. The first-order valence-electron chi connectivity index (χ1n) is 15.2. The van der Waals surface area contributed by atoms with E-state index in [0.29, 0.717) is 6.61 Å². The van der Waals surface area contributed by atoms with E-state index < -0.39 is 5.91 Å². The predicted octanol–water partition coefficient (Wildman–Crippen LogP) is 6.28. The summed E-state index contributed by atoms with van der Waals surface area (Å²) >= 11 is 0. The van der Waals surface area contributed by atoms with E-state index in [2.05, 4.69) is 65.0 Å². The highest BCUT2D eigenvalue weighted by Crippen LogP contribution is 2.38. The first-order chi connectivity index (χ1) is 21.0. The molecular weight excluding hydrogens is 543 g/mol. The predicted molar refractivity (Wildman–Crippen MR) is 169 cm³/mol. The normalized spacial score (nSPS) is 14.7. The smallest absolute Gasteiger partial charge is 0.267 e. The van der Waals surface area contributed by atoms with Crippen molar-refractivity contribution in [1.82, 2.24) is 20.3 Å². The molecule has 3 aromatic carbocycles. The number of likely N-dealkylation sites (N-methyl/N-ethyl adjacent to an activating group) is 1. The maximum atomic E-state index is 13.8. The molecule has 1 atom stereocenters. The number of benzene rings is 3. The summed E-state index contributed by atoms with van der Waals surface area (Å²) in [7, 11) is 0.